The first kappa shape index (κ1) is 19.9. The van der Waals surface area contributed by atoms with Gasteiger partial charge in [-0.15, -0.1) is 0 Å². The van der Waals surface area contributed by atoms with E-state index >= 15 is 0 Å². The quantitative estimate of drug-likeness (QED) is 0.792. The van der Waals surface area contributed by atoms with Crippen LogP contribution in [0.4, 0.5) is 4.39 Å². The fraction of sp³-hybridized carbons (Fsp3) is 0.300. The molecule has 0 aliphatic carbocycles. The van der Waals surface area contributed by atoms with Gasteiger partial charge < -0.3 is 10.1 Å². The number of halogens is 2. The van der Waals surface area contributed by atoms with Crippen LogP contribution in [0.1, 0.15) is 42.3 Å². The summed E-state index contributed by atoms with van der Waals surface area (Å²) in [5, 5.41) is 2.80. The van der Waals surface area contributed by atoms with Crippen LogP contribution in [-0.2, 0) is 21.5 Å². The monoisotopic (exact) mass is 377 g/mol. The number of ether oxygens (including phenoxy) is 1. The number of nitrogens with one attached hydrogen (secondary N) is 1. The molecular weight excluding hydrogens is 357 g/mol. The number of benzene rings is 2. The van der Waals surface area contributed by atoms with Gasteiger partial charge in [0.25, 0.3) is 5.91 Å². The molecular formula is C20H21ClFNO3. The minimum Gasteiger partial charge on any atom is -0.452 e. The van der Waals surface area contributed by atoms with Gasteiger partial charge in [-0.3, -0.25) is 4.79 Å². The normalized spacial score (nSPS) is 11.1. The summed E-state index contributed by atoms with van der Waals surface area (Å²) >= 11 is 5.89. The molecule has 6 heteroatoms. The van der Waals surface area contributed by atoms with Crippen molar-refractivity contribution < 1.29 is 18.7 Å². The first-order chi connectivity index (χ1) is 12.2. The molecule has 4 nitrogen and oxygen atoms in total. The lowest BCUT2D eigenvalue weighted by atomic mass is 9.87. The van der Waals surface area contributed by atoms with E-state index in [0.717, 1.165) is 5.56 Å². The van der Waals surface area contributed by atoms with Crippen molar-refractivity contribution in [2.75, 3.05) is 6.61 Å². The van der Waals surface area contributed by atoms with Gasteiger partial charge in [0.15, 0.2) is 6.61 Å². The number of hydrogen-bond acceptors (Lipinski definition) is 3. The molecule has 2 aromatic carbocycles. The minimum atomic E-state index is -0.569. The van der Waals surface area contributed by atoms with Gasteiger partial charge in [0, 0.05) is 11.6 Å². The Morgan fingerprint density at radius 3 is 2.35 bits per heavy atom. The number of amides is 1. The largest absolute Gasteiger partial charge is 0.452 e. The van der Waals surface area contributed by atoms with E-state index in [1.165, 1.54) is 18.2 Å². The van der Waals surface area contributed by atoms with Gasteiger partial charge >= 0.3 is 5.97 Å². The molecule has 0 saturated heterocycles. The van der Waals surface area contributed by atoms with E-state index in [9.17, 15) is 14.0 Å². The first-order valence-corrected chi connectivity index (χ1v) is 8.53. The van der Waals surface area contributed by atoms with E-state index in [4.69, 9.17) is 16.3 Å². The molecule has 0 radical (unpaired) electrons. The number of esters is 1. The SMILES string of the molecule is CC(C)(C)c1ccc(C(=O)OCC(=O)NCc2ccc(F)cc2Cl)cc1. The summed E-state index contributed by atoms with van der Waals surface area (Å²) in [5.74, 6) is -1.48. The molecule has 0 bridgehead atoms. The Labute approximate surface area is 157 Å². The molecule has 2 aromatic rings. The second-order valence-electron chi connectivity index (χ2n) is 6.92. The van der Waals surface area contributed by atoms with E-state index in [2.05, 4.69) is 26.1 Å². The Balaban J connectivity index is 1.84. The maximum Gasteiger partial charge on any atom is 0.338 e. The van der Waals surface area contributed by atoms with Crippen molar-refractivity contribution >= 4 is 23.5 Å². The lowest BCUT2D eigenvalue weighted by Crippen LogP contribution is -2.28. The van der Waals surface area contributed by atoms with Gasteiger partial charge in [0.05, 0.1) is 5.56 Å². The standard InChI is InChI=1S/C20H21ClFNO3/c1-20(2,3)15-7-4-13(5-8-15)19(25)26-12-18(24)23-11-14-6-9-16(22)10-17(14)21/h4-10H,11-12H2,1-3H3,(H,23,24). The highest BCUT2D eigenvalue weighted by molar-refractivity contribution is 6.31. The molecule has 0 unspecified atom stereocenters. The van der Waals surface area contributed by atoms with Crippen molar-refractivity contribution in [2.24, 2.45) is 0 Å². The smallest absolute Gasteiger partial charge is 0.338 e. The summed E-state index contributed by atoms with van der Waals surface area (Å²) in [4.78, 5) is 23.8. The van der Waals surface area contributed by atoms with Crippen molar-refractivity contribution in [2.45, 2.75) is 32.7 Å². The van der Waals surface area contributed by atoms with E-state index < -0.39 is 24.3 Å². The number of carbonyl (C=O) groups is 2. The van der Waals surface area contributed by atoms with Crippen molar-refractivity contribution in [1.29, 1.82) is 0 Å². The zero-order chi connectivity index (χ0) is 19.3. The highest BCUT2D eigenvalue weighted by atomic mass is 35.5. The predicted molar refractivity (Wildman–Crippen MR) is 98.7 cm³/mol. The second-order valence-corrected chi connectivity index (χ2v) is 7.32. The lowest BCUT2D eigenvalue weighted by Gasteiger charge is -2.18. The average Bonchev–Trinajstić information content (AvgIpc) is 2.58. The molecule has 0 aliphatic rings. The van der Waals surface area contributed by atoms with Gasteiger partial charge in [-0.1, -0.05) is 50.6 Å². The third-order valence-electron chi connectivity index (χ3n) is 3.81. The zero-order valence-electron chi connectivity index (χ0n) is 14.9. The summed E-state index contributed by atoms with van der Waals surface area (Å²) in [6.07, 6.45) is 0. The van der Waals surface area contributed by atoms with Crippen LogP contribution in [0.2, 0.25) is 5.02 Å². The topological polar surface area (TPSA) is 55.4 Å². The van der Waals surface area contributed by atoms with Crippen LogP contribution in [0, 0.1) is 5.82 Å². The molecule has 138 valence electrons. The molecule has 0 fully saturated rings. The Morgan fingerprint density at radius 1 is 1.12 bits per heavy atom. The number of hydrogen-bond donors (Lipinski definition) is 1. The highest BCUT2D eigenvalue weighted by Gasteiger charge is 2.15. The average molecular weight is 378 g/mol. The van der Waals surface area contributed by atoms with Gasteiger partial charge in [-0.2, -0.15) is 0 Å². The van der Waals surface area contributed by atoms with E-state index in [1.54, 1.807) is 12.1 Å². The second kappa shape index (κ2) is 8.32. The summed E-state index contributed by atoms with van der Waals surface area (Å²) in [5.41, 5.74) is 2.05. The van der Waals surface area contributed by atoms with Crippen LogP contribution in [0.3, 0.4) is 0 Å². The first-order valence-electron chi connectivity index (χ1n) is 8.15. The molecule has 0 spiro atoms. The summed E-state index contributed by atoms with van der Waals surface area (Å²) in [6.45, 7) is 5.96. The summed E-state index contributed by atoms with van der Waals surface area (Å²) in [6, 6.07) is 11.0. The minimum absolute atomic E-state index is 0.00997. The summed E-state index contributed by atoms with van der Waals surface area (Å²) in [7, 11) is 0. The molecule has 0 atom stereocenters. The number of rotatable bonds is 5. The Bertz CT molecular complexity index is 798. The molecule has 0 heterocycles. The molecule has 1 N–H and O–H groups in total. The van der Waals surface area contributed by atoms with Gasteiger partial charge in [-0.05, 0) is 40.8 Å². The molecule has 0 aromatic heterocycles. The van der Waals surface area contributed by atoms with Crippen molar-refractivity contribution in [3.05, 3.63) is 70.0 Å². The summed E-state index contributed by atoms with van der Waals surface area (Å²) < 4.78 is 18.0. The molecule has 26 heavy (non-hydrogen) atoms. The van der Waals surface area contributed by atoms with Crippen molar-refractivity contribution in [3.63, 3.8) is 0 Å². The van der Waals surface area contributed by atoms with Crippen LogP contribution in [0.25, 0.3) is 0 Å². The third-order valence-corrected chi connectivity index (χ3v) is 4.16. The lowest BCUT2D eigenvalue weighted by molar-refractivity contribution is -0.124. The Hall–Kier alpha value is -2.40. The zero-order valence-corrected chi connectivity index (χ0v) is 15.7. The van der Waals surface area contributed by atoms with Crippen molar-refractivity contribution in [3.8, 4) is 0 Å². The third kappa shape index (κ3) is 5.56. The molecule has 1 amide bonds. The van der Waals surface area contributed by atoms with Crippen molar-refractivity contribution in [1.82, 2.24) is 5.32 Å². The van der Waals surface area contributed by atoms with Crippen LogP contribution >= 0.6 is 11.6 Å². The maximum atomic E-state index is 13.0. The Kier molecular flexibility index (Phi) is 6.37. The highest BCUT2D eigenvalue weighted by Crippen LogP contribution is 2.22. The van der Waals surface area contributed by atoms with E-state index in [-0.39, 0.29) is 17.0 Å². The van der Waals surface area contributed by atoms with Crippen LogP contribution in [-0.4, -0.2) is 18.5 Å². The molecule has 2 rings (SSSR count). The van der Waals surface area contributed by atoms with Gasteiger partial charge in [-0.25, -0.2) is 9.18 Å². The van der Waals surface area contributed by atoms with E-state index in [0.29, 0.717) is 11.1 Å². The van der Waals surface area contributed by atoms with Crippen LogP contribution in [0.15, 0.2) is 42.5 Å². The van der Waals surface area contributed by atoms with Gasteiger partial charge in [0.2, 0.25) is 0 Å². The number of carbonyl (C=O) groups excluding carboxylic acids is 2. The van der Waals surface area contributed by atoms with E-state index in [1.807, 2.05) is 12.1 Å². The van der Waals surface area contributed by atoms with Gasteiger partial charge in [0.1, 0.15) is 5.82 Å². The fourth-order valence-corrected chi connectivity index (χ4v) is 2.46. The van der Waals surface area contributed by atoms with Crippen LogP contribution in [0.5, 0.6) is 0 Å². The van der Waals surface area contributed by atoms with Crippen LogP contribution < -0.4 is 5.32 Å². The fourth-order valence-electron chi connectivity index (χ4n) is 2.23. The predicted octanol–water partition coefficient (Wildman–Crippen LogP) is 4.25. The maximum absolute atomic E-state index is 13.0. The molecule has 0 aliphatic heterocycles. The Morgan fingerprint density at radius 2 is 1.77 bits per heavy atom. The molecule has 0 saturated carbocycles.